The number of likely N-dealkylation sites (N-methyl/N-ethyl adjacent to an activating group) is 1. The van der Waals surface area contributed by atoms with Crippen LogP contribution in [0.2, 0.25) is 0 Å². The molecule has 20 heavy (non-hydrogen) atoms. The van der Waals surface area contributed by atoms with Gasteiger partial charge in [-0.25, -0.2) is 9.97 Å². The summed E-state index contributed by atoms with van der Waals surface area (Å²) < 4.78 is 0. The summed E-state index contributed by atoms with van der Waals surface area (Å²) in [5.41, 5.74) is 5.26. The van der Waals surface area contributed by atoms with Crippen LogP contribution in [0.15, 0.2) is 6.33 Å². The molecule has 1 fully saturated rings. The highest BCUT2D eigenvalue weighted by atomic mass is 16.6. The van der Waals surface area contributed by atoms with E-state index < -0.39 is 4.92 Å². The van der Waals surface area contributed by atoms with E-state index in [0.717, 1.165) is 6.54 Å². The lowest BCUT2D eigenvalue weighted by Gasteiger charge is -2.23. The SMILES string of the molecule is CN(CCNc1ncnc(N)c1[N+](=O)[O-])C1CCCC1. The lowest BCUT2D eigenvalue weighted by molar-refractivity contribution is -0.383. The Hall–Kier alpha value is -1.96. The van der Waals surface area contributed by atoms with E-state index in [1.165, 1.54) is 32.0 Å². The molecule has 0 spiro atoms. The second kappa shape index (κ2) is 6.47. The zero-order chi connectivity index (χ0) is 14.5. The van der Waals surface area contributed by atoms with Crippen molar-refractivity contribution in [3.63, 3.8) is 0 Å². The van der Waals surface area contributed by atoms with E-state index >= 15 is 0 Å². The molecule has 0 atom stereocenters. The van der Waals surface area contributed by atoms with Gasteiger partial charge in [-0.2, -0.15) is 0 Å². The van der Waals surface area contributed by atoms with Gasteiger partial charge in [0.05, 0.1) is 4.92 Å². The highest BCUT2D eigenvalue weighted by Gasteiger charge is 2.22. The fraction of sp³-hybridized carbons (Fsp3) is 0.667. The van der Waals surface area contributed by atoms with Gasteiger partial charge >= 0.3 is 5.69 Å². The number of nitro groups is 1. The number of nitrogens with zero attached hydrogens (tertiary/aromatic N) is 4. The maximum atomic E-state index is 10.9. The van der Waals surface area contributed by atoms with Crippen molar-refractivity contribution in [3.8, 4) is 0 Å². The van der Waals surface area contributed by atoms with E-state index in [-0.39, 0.29) is 17.3 Å². The molecule has 1 heterocycles. The van der Waals surface area contributed by atoms with Crippen LogP contribution in [0.5, 0.6) is 0 Å². The van der Waals surface area contributed by atoms with Crippen LogP contribution < -0.4 is 11.1 Å². The number of hydrogen-bond donors (Lipinski definition) is 2. The van der Waals surface area contributed by atoms with Crippen molar-refractivity contribution in [2.24, 2.45) is 0 Å². The summed E-state index contributed by atoms with van der Waals surface area (Å²) in [6.07, 6.45) is 6.27. The molecule has 110 valence electrons. The van der Waals surface area contributed by atoms with Crippen LogP contribution in [0.3, 0.4) is 0 Å². The maximum Gasteiger partial charge on any atom is 0.352 e. The van der Waals surface area contributed by atoms with Crippen molar-refractivity contribution in [2.75, 3.05) is 31.2 Å². The largest absolute Gasteiger partial charge is 0.378 e. The molecule has 1 aromatic rings. The Morgan fingerprint density at radius 1 is 1.50 bits per heavy atom. The van der Waals surface area contributed by atoms with E-state index in [0.29, 0.717) is 12.6 Å². The summed E-state index contributed by atoms with van der Waals surface area (Å²) >= 11 is 0. The Bertz CT molecular complexity index is 475. The predicted molar refractivity (Wildman–Crippen MR) is 76.5 cm³/mol. The van der Waals surface area contributed by atoms with Crippen molar-refractivity contribution >= 4 is 17.3 Å². The number of nitrogen functional groups attached to an aromatic ring is 1. The normalized spacial score (nSPS) is 15.7. The third kappa shape index (κ3) is 3.32. The first-order valence-corrected chi connectivity index (χ1v) is 6.78. The average molecular weight is 280 g/mol. The van der Waals surface area contributed by atoms with E-state index in [1.807, 2.05) is 0 Å². The molecule has 0 aliphatic heterocycles. The molecular formula is C12H20N6O2. The van der Waals surface area contributed by atoms with Gasteiger partial charge in [0.25, 0.3) is 0 Å². The molecule has 1 aromatic heterocycles. The molecule has 1 aliphatic carbocycles. The minimum Gasteiger partial charge on any atom is -0.378 e. The number of nitrogens with two attached hydrogens (primary N) is 1. The maximum absolute atomic E-state index is 10.9. The zero-order valence-electron chi connectivity index (χ0n) is 11.6. The molecule has 0 bridgehead atoms. The number of anilines is 2. The van der Waals surface area contributed by atoms with Crippen LogP contribution in [0.25, 0.3) is 0 Å². The second-order valence-electron chi connectivity index (χ2n) is 5.06. The summed E-state index contributed by atoms with van der Waals surface area (Å²) in [6.45, 7) is 1.40. The van der Waals surface area contributed by atoms with Gasteiger partial charge in [0.2, 0.25) is 11.6 Å². The third-order valence-electron chi connectivity index (χ3n) is 3.74. The lowest BCUT2D eigenvalue weighted by atomic mass is 10.2. The average Bonchev–Trinajstić information content (AvgIpc) is 2.92. The van der Waals surface area contributed by atoms with Crippen molar-refractivity contribution in [1.29, 1.82) is 0 Å². The molecule has 0 aromatic carbocycles. The van der Waals surface area contributed by atoms with Crippen molar-refractivity contribution in [2.45, 2.75) is 31.7 Å². The summed E-state index contributed by atoms with van der Waals surface area (Å²) in [4.78, 5) is 20.2. The first kappa shape index (κ1) is 14.4. The number of hydrogen-bond acceptors (Lipinski definition) is 7. The lowest BCUT2D eigenvalue weighted by Crippen LogP contribution is -2.33. The van der Waals surface area contributed by atoms with Crippen molar-refractivity contribution in [3.05, 3.63) is 16.4 Å². The van der Waals surface area contributed by atoms with Gasteiger partial charge in [0, 0.05) is 19.1 Å². The summed E-state index contributed by atoms with van der Waals surface area (Å²) in [7, 11) is 2.08. The Labute approximate surface area is 117 Å². The molecule has 2 rings (SSSR count). The van der Waals surface area contributed by atoms with Crippen molar-refractivity contribution in [1.82, 2.24) is 14.9 Å². The summed E-state index contributed by atoms with van der Waals surface area (Å²) in [5.74, 6) is 0.0685. The third-order valence-corrected chi connectivity index (χ3v) is 3.74. The van der Waals surface area contributed by atoms with Crippen molar-refractivity contribution < 1.29 is 4.92 Å². The predicted octanol–water partition coefficient (Wildman–Crippen LogP) is 1.25. The van der Waals surface area contributed by atoms with E-state index in [2.05, 4.69) is 27.2 Å². The van der Waals surface area contributed by atoms with Crippen LogP contribution in [-0.4, -0.2) is 46.0 Å². The first-order chi connectivity index (χ1) is 9.59. The van der Waals surface area contributed by atoms with Gasteiger partial charge in [0.15, 0.2) is 0 Å². The van der Waals surface area contributed by atoms with E-state index in [1.54, 1.807) is 0 Å². The molecule has 8 heteroatoms. The molecular weight excluding hydrogens is 260 g/mol. The first-order valence-electron chi connectivity index (χ1n) is 6.78. The Kier molecular flexibility index (Phi) is 4.67. The van der Waals surface area contributed by atoms with Crippen LogP contribution in [0, 0.1) is 10.1 Å². The molecule has 0 unspecified atom stereocenters. The molecule has 0 saturated heterocycles. The Morgan fingerprint density at radius 2 is 2.20 bits per heavy atom. The topological polar surface area (TPSA) is 110 Å². The van der Waals surface area contributed by atoms with Crippen LogP contribution >= 0.6 is 0 Å². The van der Waals surface area contributed by atoms with Crippen LogP contribution in [-0.2, 0) is 0 Å². The fourth-order valence-electron chi connectivity index (χ4n) is 2.58. The van der Waals surface area contributed by atoms with E-state index in [4.69, 9.17) is 5.73 Å². The highest BCUT2D eigenvalue weighted by molar-refractivity contribution is 5.67. The molecule has 0 radical (unpaired) electrons. The summed E-state index contributed by atoms with van der Waals surface area (Å²) in [5, 5.41) is 13.9. The Morgan fingerprint density at radius 3 is 2.85 bits per heavy atom. The van der Waals surface area contributed by atoms with Gasteiger partial charge < -0.3 is 16.0 Å². The van der Waals surface area contributed by atoms with Gasteiger partial charge in [-0.15, -0.1) is 0 Å². The number of aromatic nitrogens is 2. The van der Waals surface area contributed by atoms with E-state index in [9.17, 15) is 10.1 Å². The quantitative estimate of drug-likeness (QED) is 0.596. The standard InChI is InChI=1S/C12H20N6O2/c1-17(9-4-2-3-5-9)7-6-14-12-10(18(19)20)11(13)15-8-16-12/h8-9H,2-7H2,1H3,(H3,13,14,15,16). The monoisotopic (exact) mass is 280 g/mol. The smallest absolute Gasteiger partial charge is 0.352 e. The number of nitrogens with one attached hydrogen (secondary N) is 1. The van der Waals surface area contributed by atoms with Gasteiger partial charge in [-0.3, -0.25) is 10.1 Å². The molecule has 1 saturated carbocycles. The van der Waals surface area contributed by atoms with Gasteiger partial charge in [0.1, 0.15) is 6.33 Å². The fourth-order valence-corrected chi connectivity index (χ4v) is 2.58. The zero-order valence-corrected chi connectivity index (χ0v) is 11.6. The van der Waals surface area contributed by atoms with Crippen LogP contribution in [0.4, 0.5) is 17.3 Å². The minimum atomic E-state index is -0.557. The van der Waals surface area contributed by atoms with Gasteiger partial charge in [-0.1, -0.05) is 12.8 Å². The van der Waals surface area contributed by atoms with Crippen LogP contribution in [0.1, 0.15) is 25.7 Å². The molecule has 3 N–H and O–H groups in total. The second-order valence-corrected chi connectivity index (χ2v) is 5.06. The summed E-state index contributed by atoms with van der Waals surface area (Å²) in [6, 6.07) is 0.627. The molecule has 0 amide bonds. The van der Waals surface area contributed by atoms with Gasteiger partial charge in [-0.05, 0) is 19.9 Å². The molecule has 1 aliphatic rings. The molecule has 8 nitrogen and oxygen atoms in total. The Balaban J connectivity index is 1.90. The minimum absolute atomic E-state index is 0.114. The number of rotatable bonds is 6. The highest BCUT2D eigenvalue weighted by Crippen LogP contribution is 2.26.